The fourth-order valence-electron chi connectivity index (χ4n) is 5.30. The van der Waals surface area contributed by atoms with Gasteiger partial charge in [-0.15, -0.1) is 0 Å². The van der Waals surface area contributed by atoms with Crippen LogP contribution in [0.25, 0.3) is 0 Å². The van der Waals surface area contributed by atoms with E-state index in [0.29, 0.717) is 5.76 Å². The molecule has 1 atom stereocenters. The van der Waals surface area contributed by atoms with Gasteiger partial charge in [0, 0.05) is 0 Å². The normalized spacial score (nSPS) is 23.1. The first kappa shape index (κ1) is 34.8. The minimum absolute atomic E-state index is 0.0272. The zero-order valence-electron chi connectivity index (χ0n) is 27.8. The molecule has 0 aromatic rings. The Balaban J connectivity index is 1.92. The summed E-state index contributed by atoms with van der Waals surface area (Å²) in [4.78, 5) is 0. The van der Waals surface area contributed by atoms with Crippen molar-refractivity contribution in [2.75, 3.05) is 0 Å². The Hall–Kier alpha value is -3.36. The van der Waals surface area contributed by atoms with Crippen molar-refractivity contribution in [1.29, 1.82) is 0 Å². The molecule has 0 amide bonds. The monoisotopic (exact) mass is 566 g/mol. The number of allylic oxidation sites excluding steroid dienone is 22. The fraction of sp³-hybridized carbons (Fsp3) is 0.400. The van der Waals surface area contributed by atoms with Crippen LogP contribution in [0.4, 0.5) is 0 Å². The molecule has 0 saturated heterocycles. The molecule has 2 heteroatoms. The van der Waals surface area contributed by atoms with Crippen LogP contribution in [0.2, 0.25) is 0 Å². The van der Waals surface area contributed by atoms with Crippen LogP contribution in [-0.2, 0) is 0 Å². The summed E-state index contributed by atoms with van der Waals surface area (Å²) in [5.41, 5.74) is 9.33. The first-order valence-electron chi connectivity index (χ1n) is 15.2. The zero-order chi connectivity index (χ0) is 31.5. The van der Waals surface area contributed by atoms with Crippen LogP contribution in [0.5, 0.6) is 0 Å². The van der Waals surface area contributed by atoms with E-state index in [4.69, 9.17) is 0 Å². The summed E-state index contributed by atoms with van der Waals surface area (Å²) in [7, 11) is 0. The molecule has 0 saturated carbocycles. The molecule has 226 valence electrons. The molecule has 2 N–H and O–H groups in total. The SMILES string of the molecule is CC1=C(/C=C/C(C)=C/C=C/C(C)=C/C=C/C=C(C)/C=C/C=C(C)/C=C/C2=C(C)C(O)CCC2(C)C)C(C)(C)CC=C1O. The molecular formula is C40H54O2. The standard InChI is InChI=1S/C40H54O2/c1-29(17-13-19-31(3)21-23-35-33(5)37(41)25-27-39(35,7)8)15-11-12-16-30(2)18-14-20-32(4)22-24-36-34(6)38(42)26-28-40(36,9)10/h11-25,38,41-42H,26-28H2,1-10H3/b12-11+,17-13+,18-14+,23-21+,24-22+,29-15+,30-16+,31-19+,32-20+. The van der Waals surface area contributed by atoms with Crippen LogP contribution >= 0.6 is 0 Å². The highest BCUT2D eigenvalue weighted by Crippen LogP contribution is 2.41. The lowest BCUT2D eigenvalue weighted by Gasteiger charge is -2.35. The minimum Gasteiger partial charge on any atom is -0.508 e. The summed E-state index contributed by atoms with van der Waals surface area (Å²) >= 11 is 0. The number of hydrogen-bond acceptors (Lipinski definition) is 2. The van der Waals surface area contributed by atoms with Crippen LogP contribution < -0.4 is 0 Å². The molecule has 0 aliphatic heterocycles. The number of hydrogen-bond donors (Lipinski definition) is 2. The predicted octanol–water partition coefficient (Wildman–Crippen LogP) is 11.2. The quantitative estimate of drug-likeness (QED) is 0.258. The lowest BCUT2D eigenvalue weighted by Crippen LogP contribution is -2.27. The van der Waals surface area contributed by atoms with Gasteiger partial charge in [0.05, 0.1) is 6.10 Å². The average molecular weight is 567 g/mol. The molecule has 1 unspecified atom stereocenters. The Morgan fingerprint density at radius 3 is 1.67 bits per heavy atom. The van der Waals surface area contributed by atoms with Gasteiger partial charge in [0.15, 0.2) is 0 Å². The van der Waals surface area contributed by atoms with E-state index in [9.17, 15) is 10.2 Å². The smallest absolute Gasteiger partial charge is 0.114 e. The van der Waals surface area contributed by atoms with Crippen molar-refractivity contribution in [3.63, 3.8) is 0 Å². The molecule has 2 aliphatic rings. The third-order valence-corrected chi connectivity index (χ3v) is 8.31. The Kier molecular flexibility index (Phi) is 13.1. The molecule has 2 rings (SSSR count). The Morgan fingerprint density at radius 2 is 1.14 bits per heavy atom. The first-order chi connectivity index (χ1) is 19.6. The van der Waals surface area contributed by atoms with Crippen LogP contribution in [0.3, 0.4) is 0 Å². The largest absolute Gasteiger partial charge is 0.508 e. The van der Waals surface area contributed by atoms with Gasteiger partial charge in [0.2, 0.25) is 0 Å². The molecule has 2 aliphatic carbocycles. The lowest BCUT2D eigenvalue weighted by atomic mass is 9.71. The van der Waals surface area contributed by atoms with Crippen molar-refractivity contribution >= 4 is 0 Å². The van der Waals surface area contributed by atoms with Crippen molar-refractivity contribution in [3.8, 4) is 0 Å². The maximum Gasteiger partial charge on any atom is 0.114 e. The molecule has 0 radical (unpaired) electrons. The second-order valence-electron chi connectivity index (χ2n) is 13.2. The number of aliphatic hydroxyl groups excluding tert-OH is 2. The van der Waals surface area contributed by atoms with Gasteiger partial charge in [0.25, 0.3) is 0 Å². The average Bonchev–Trinajstić information content (AvgIpc) is 2.91. The molecule has 0 bridgehead atoms. The van der Waals surface area contributed by atoms with Crippen molar-refractivity contribution in [1.82, 2.24) is 0 Å². The molecule has 0 heterocycles. The van der Waals surface area contributed by atoms with Gasteiger partial charge in [-0.1, -0.05) is 135 Å². The number of rotatable bonds is 10. The van der Waals surface area contributed by atoms with Crippen LogP contribution in [0.15, 0.2) is 141 Å². The van der Waals surface area contributed by atoms with Crippen LogP contribution in [0, 0.1) is 10.8 Å². The van der Waals surface area contributed by atoms with E-state index in [1.165, 1.54) is 27.9 Å². The lowest BCUT2D eigenvalue weighted by molar-refractivity contribution is 0.163. The van der Waals surface area contributed by atoms with E-state index >= 15 is 0 Å². The van der Waals surface area contributed by atoms with Gasteiger partial charge in [-0.2, -0.15) is 0 Å². The Bertz CT molecular complexity index is 1350. The van der Waals surface area contributed by atoms with Crippen molar-refractivity contribution in [2.45, 2.75) is 94.6 Å². The van der Waals surface area contributed by atoms with Crippen molar-refractivity contribution in [2.24, 2.45) is 10.8 Å². The molecule has 0 fully saturated rings. The highest BCUT2D eigenvalue weighted by atomic mass is 16.3. The second kappa shape index (κ2) is 15.8. The highest BCUT2D eigenvalue weighted by molar-refractivity contribution is 5.44. The molecule has 2 nitrogen and oxygen atoms in total. The van der Waals surface area contributed by atoms with E-state index < -0.39 is 0 Å². The van der Waals surface area contributed by atoms with Gasteiger partial charge in [-0.25, -0.2) is 0 Å². The van der Waals surface area contributed by atoms with Crippen LogP contribution in [0.1, 0.15) is 88.5 Å². The third-order valence-electron chi connectivity index (χ3n) is 8.31. The highest BCUT2D eigenvalue weighted by Gasteiger charge is 2.31. The second-order valence-corrected chi connectivity index (χ2v) is 13.2. The predicted molar refractivity (Wildman–Crippen MR) is 184 cm³/mol. The molecule has 0 aromatic carbocycles. The van der Waals surface area contributed by atoms with E-state index in [1.807, 2.05) is 13.0 Å². The summed E-state index contributed by atoms with van der Waals surface area (Å²) in [5.74, 6) is 0.398. The molecule has 0 aromatic heterocycles. The zero-order valence-corrected chi connectivity index (χ0v) is 27.8. The van der Waals surface area contributed by atoms with E-state index in [-0.39, 0.29) is 16.9 Å². The molecule has 42 heavy (non-hydrogen) atoms. The van der Waals surface area contributed by atoms with Gasteiger partial charge < -0.3 is 10.2 Å². The maximum absolute atomic E-state index is 10.3. The summed E-state index contributed by atoms with van der Waals surface area (Å²) in [6.07, 6.45) is 33.8. The third kappa shape index (κ3) is 10.8. The van der Waals surface area contributed by atoms with Crippen molar-refractivity contribution in [3.05, 3.63) is 141 Å². The van der Waals surface area contributed by atoms with E-state index in [2.05, 4.69) is 147 Å². The Labute approximate surface area is 256 Å². The fourth-order valence-corrected chi connectivity index (χ4v) is 5.30. The topological polar surface area (TPSA) is 40.5 Å². The van der Waals surface area contributed by atoms with Crippen LogP contribution in [-0.4, -0.2) is 16.3 Å². The number of aliphatic hydroxyl groups is 2. The first-order valence-corrected chi connectivity index (χ1v) is 15.2. The summed E-state index contributed by atoms with van der Waals surface area (Å²) in [6, 6.07) is 0. The Morgan fingerprint density at radius 1 is 0.690 bits per heavy atom. The summed E-state index contributed by atoms with van der Waals surface area (Å²) < 4.78 is 0. The van der Waals surface area contributed by atoms with Gasteiger partial charge >= 0.3 is 0 Å². The maximum atomic E-state index is 10.3. The molecule has 0 spiro atoms. The summed E-state index contributed by atoms with van der Waals surface area (Å²) in [6.45, 7) is 21.4. The summed E-state index contributed by atoms with van der Waals surface area (Å²) in [5, 5.41) is 20.4. The van der Waals surface area contributed by atoms with E-state index in [1.54, 1.807) is 0 Å². The van der Waals surface area contributed by atoms with Gasteiger partial charge in [-0.3, -0.25) is 0 Å². The molecular weight excluding hydrogens is 512 g/mol. The van der Waals surface area contributed by atoms with Crippen molar-refractivity contribution < 1.29 is 10.2 Å². The van der Waals surface area contributed by atoms with Gasteiger partial charge in [-0.05, 0) is 100 Å². The van der Waals surface area contributed by atoms with Gasteiger partial charge in [0.1, 0.15) is 5.76 Å². The minimum atomic E-state index is -0.317. The van der Waals surface area contributed by atoms with E-state index in [0.717, 1.165) is 36.0 Å².